The van der Waals surface area contributed by atoms with Gasteiger partial charge >= 0.3 is 0 Å². The highest BCUT2D eigenvalue weighted by molar-refractivity contribution is 5.46. The number of ether oxygens (including phenoxy) is 1. The number of para-hydroxylation sites is 1. The summed E-state index contributed by atoms with van der Waals surface area (Å²) in [5, 5.41) is 0. The zero-order valence-electron chi connectivity index (χ0n) is 18.3. The molecular formula is C26H35N3O. The van der Waals surface area contributed by atoms with E-state index in [-0.39, 0.29) is 0 Å². The molecule has 2 aromatic rings. The molecular weight excluding hydrogens is 370 g/mol. The first-order valence-corrected chi connectivity index (χ1v) is 11.7. The molecule has 3 aliphatic rings. The van der Waals surface area contributed by atoms with Crippen LogP contribution in [-0.2, 0) is 12.8 Å². The van der Waals surface area contributed by atoms with Crippen molar-refractivity contribution in [1.82, 2.24) is 9.80 Å². The number of hydrogen-bond acceptors (Lipinski definition) is 4. The Morgan fingerprint density at radius 2 is 1.70 bits per heavy atom. The summed E-state index contributed by atoms with van der Waals surface area (Å²) in [6.45, 7) is 8.33. The number of piperidine rings is 1. The Labute approximate surface area is 181 Å². The summed E-state index contributed by atoms with van der Waals surface area (Å²) >= 11 is 0. The summed E-state index contributed by atoms with van der Waals surface area (Å²) in [7, 11) is 1.81. The molecule has 0 bridgehead atoms. The Kier molecular flexibility index (Phi) is 5.96. The third kappa shape index (κ3) is 4.08. The number of methoxy groups -OCH3 is 1. The summed E-state index contributed by atoms with van der Waals surface area (Å²) in [5.41, 5.74) is 4.35. The van der Waals surface area contributed by atoms with E-state index >= 15 is 0 Å². The lowest BCUT2D eigenvalue weighted by Crippen LogP contribution is -2.53. The van der Waals surface area contributed by atoms with Crippen molar-refractivity contribution in [1.29, 1.82) is 0 Å². The summed E-state index contributed by atoms with van der Waals surface area (Å²) in [6.07, 6.45) is 5.09. The van der Waals surface area contributed by atoms with E-state index < -0.39 is 0 Å². The predicted molar refractivity (Wildman–Crippen MR) is 124 cm³/mol. The summed E-state index contributed by atoms with van der Waals surface area (Å²) in [5.74, 6) is 1.89. The van der Waals surface area contributed by atoms with Crippen LogP contribution in [0.2, 0.25) is 0 Å². The first-order valence-electron chi connectivity index (χ1n) is 11.7. The molecule has 0 saturated carbocycles. The minimum Gasteiger partial charge on any atom is -0.496 e. The minimum absolute atomic E-state index is 0.712. The van der Waals surface area contributed by atoms with Crippen LogP contribution in [0.5, 0.6) is 5.75 Å². The fraction of sp³-hybridized carbons (Fsp3) is 0.538. The average Bonchev–Trinajstić information content (AvgIpc) is 2.82. The van der Waals surface area contributed by atoms with E-state index in [0.717, 1.165) is 24.8 Å². The van der Waals surface area contributed by atoms with Gasteiger partial charge in [0.05, 0.1) is 7.11 Å². The number of anilines is 1. The highest BCUT2D eigenvalue weighted by Gasteiger charge is 2.36. The monoisotopic (exact) mass is 405 g/mol. The number of likely N-dealkylation sites (tertiary alicyclic amines) is 1. The molecule has 2 atom stereocenters. The van der Waals surface area contributed by atoms with Crippen molar-refractivity contribution in [3.05, 3.63) is 59.7 Å². The standard InChI is InChI=1S/C26H35N3O/c1-30-26-11-5-7-21-20-25-22(19-24(21)26)8-6-12-29(25)18-15-27-13-16-28(17-14-27)23-9-3-2-4-10-23/h2-5,7,9-11,22,25H,6,8,12-20H2,1H3/t22-,25-/m0/s1. The summed E-state index contributed by atoms with van der Waals surface area (Å²) < 4.78 is 5.66. The fourth-order valence-electron chi connectivity index (χ4n) is 5.88. The second-order valence-electron chi connectivity index (χ2n) is 9.18. The third-order valence-corrected chi connectivity index (χ3v) is 7.58. The normalized spacial score (nSPS) is 24.9. The van der Waals surface area contributed by atoms with E-state index in [1.807, 2.05) is 7.11 Å². The molecule has 0 radical (unpaired) electrons. The Bertz CT molecular complexity index is 831. The number of nitrogens with zero attached hydrogens (tertiary/aromatic N) is 3. The Morgan fingerprint density at radius 1 is 0.867 bits per heavy atom. The van der Waals surface area contributed by atoms with Gasteiger partial charge < -0.3 is 9.64 Å². The van der Waals surface area contributed by atoms with Crippen LogP contribution in [0, 0.1) is 5.92 Å². The van der Waals surface area contributed by atoms with Gasteiger partial charge in [-0.05, 0) is 67.5 Å². The van der Waals surface area contributed by atoms with E-state index in [2.05, 4.69) is 63.2 Å². The van der Waals surface area contributed by atoms with Gasteiger partial charge in [0.1, 0.15) is 5.75 Å². The Morgan fingerprint density at radius 3 is 2.50 bits per heavy atom. The topological polar surface area (TPSA) is 19.0 Å². The molecule has 2 aliphatic heterocycles. The molecule has 2 heterocycles. The van der Waals surface area contributed by atoms with Gasteiger partial charge in [-0.2, -0.15) is 0 Å². The van der Waals surface area contributed by atoms with Crippen molar-refractivity contribution in [3.8, 4) is 5.75 Å². The molecule has 30 heavy (non-hydrogen) atoms. The highest BCUT2D eigenvalue weighted by atomic mass is 16.5. The first-order chi connectivity index (χ1) is 14.8. The lowest BCUT2D eigenvalue weighted by Gasteiger charge is -2.46. The highest BCUT2D eigenvalue weighted by Crippen LogP contribution is 2.38. The average molecular weight is 406 g/mol. The van der Waals surface area contributed by atoms with Crippen molar-refractivity contribution in [2.24, 2.45) is 5.92 Å². The van der Waals surface area contributed by atoms with Crippen LogP contribution >= 0.6 is 0 Å². The van der Waals surface area contributed by atoms with Crippen LogP contribution in [0.25, 0.3) is 0 Å². The minimum atomic E-state index is 0.712. The zero-order chi connectivity index (χ0) is 20.3. The van der Waals surface area contributed by atoms with Gasteiger partial charge in [0.2, 0.25) is 0 Å². The predicted octanol–water partition coefficient (Wildman–Crippen LogP) is 3.70. The van der Waals surface area contributed by atoms with Crippen LogP contribution < -0.4 is 9.64 Å². The lowest BCUT2D eigenvalue weighted by molar-refractivity contribution is 0.0722. The van der Waals surface area contributed by atoms with Gasteiger partial charge in [-0.25, -0.2) is 0 Å². The van der Waals surface area contributed by atoms with E-state index in [4.69, 9.17) is 4.74 Å². The molecule has 2 aromatic carbocycles. The van der Waals surface area contributed by atoms with Gasteiger partial charge in [-0.3, -0.25) is 9.80 Å². The second kappa shape index (κ2) is 8.99. The molecule has 5 rings (SSSR count). The maximum atomic E-state index is 5.66. The number of piperazine rings is 1. The SMILES string of the molecule is COc1cccc2c1C[C@@H]1CCCN(CCN3CCN(c4ccccc4)CC3)[C@H]1C2. The van der Waals surface area contributed by atoms with Crippen LogP contribution in [0.1, 0.15) is 24.0 Å². The smallest absolute Gasteiger partial charge is 0.122 e. The fourth-order valence-corrected chi connectivity index (χ4v) is 5.88. The van der Waals surface area contributed by atoms with Crippen molar-refractivity contribution in [2.75, 3.05) is 57.8 Å². The lowest BCUT2D eigenvalue weighted by atomic mass is 9.75. The zero-order valence-corrected chi connectivity index (χ0v) is 18.3. The van der Waals surface area contributed by atoms with Crippen molar-refractivity contribution >= 4 is 5.69 Å². The Hall–Kier alpha value is -2.04. The van der Waals surface area contributed by atoms with Gasteiger partial charge in [0.25, 0.3) is 0 Å². The van der Waals surface area contributed by atoms with Crippen LogP contribution in [-0.4, -0.2) is 68.8 Å². The summed E-state index contributed by atoms with van der Waals surface area (Å²) in [6, 6.07) is 18.2. The molecule has 2 fully saturated rings. The van der Waals surface area contributed by atoms with E-state index in [1.54, 1.807) is 0 Å². The van der Waals surface area contributed by atoms with Crippen LogP contribution in [0.4, 0.5) is 5.69 Å². The van der Waals surface area contributed by atoms with E-state index in [9.17, 15) is 0 Å². The van der Waals surface area contributed by atoms with Crippen molar-refractivity contribution < 1.29 is 4.74 Å². The largest absolute Gasteiger partial charge is 0.496 e. The second-order valence-corrected chi connectivity index (χ2v) is 9.18. The molecule has 0 spiro atoms. The Balaban J connectivity index is 1.17. The van der Waals surface area contributed by atoms with Gasteiger partial charge in [-0.15, -0.1) is 0 Å². The molecule has 0 unspecified atom stereocenters. The van der Waals surface area contributed by atoms with E-state index in [1.165, 1.54) is 75.2 Å². The molecule has 2 saturated heterocycles. The molecule has 160 valence electrons. The molecule has 4 heteroatoms. The molecule has 0 amide bonds. The number of hydrogen-bond donors (Lipinski definition) is 0. The first kappa shape index (κ1) is 19.9. The van der Waals surface area contributed by atoms with E-state index in [0.29, 0.717) is 6.04 Å². The third-order valence-electron chi connectivity index (χ3n) is 7.58. The number of fused-ring (bicyclic) bond motifs is 2. The van der Waals surface area contributed by atoms with Crippen molar-refractivity contribution in [3.63, 3.8) is 0 Å². The molecule has 4 nitrogen and oxygen atoms in total. The molecule has 0 N–H and O–H groups in total. The quantitative estimate of drug-likeness (QED) is 0.755. The maximum absolute atomic E-state index is 5.66. The maximum Gasteiger partial charge on any atom is 0.122 e. The van der Waals surface area contributed by atoms with Crippen LogP contribution in [0.3, 0.4) is 0 Å². The van der Waals surface area contributed by atoms with Gasteiger partial charge in [-0.1, -0.05) is 30.3 Å². The van der Waals surface area contributed by atoms with Gasteiger partial charge in [0.15, 0.2) is 0 Å². The van der Waals surface area contributed by atoms with Crippen molar-refractivity contribution in [2.45, 2.75) is 31.7 Å². The molecule has 0 aromatic heterocycles. The molecule has 1 aliphatic carbocycles. The summed E-state index contributed by atoms with van der Waals surface area (Å²) in [4.78, 5) is 8.00. The van der Waals surface area contributed by atoms with Gasteiger partial charge in [0, 0.05) is 51.0 Å². The number of rotatable bonds is 5. The van der Waals surface area contributed by atoms with Crippen LogP contribution in [0.15, 0.2) is 48.5 Å². The number of benzene rings is 2.